The van der Waals surface area contributed by atoms with Gasteiger partial charge in [0.25, 0.3) is 0 Å². The molecule has 2 heterocycles. The maximum atomic E-state index is 12.9. The van der Waals surface area contributed by atoms with Crippen molar-refractivity contribution in [2.75, 3.05) is 0 Å². The zero-order valence-corrected chi connectivity index (χ0v) is 10.2. The lowest BCUT2D eigenvalue weighted by Gasteiger charge is -2.09. The Kier molecular flexibility index (Phi) is 2.77. The fourth-order valence-electron chi connectivity index (χ4n) is 1.94. The molecule has 0 aliphatic heterocycles. The van der Waals surface area contributed by atoms with Crippen molar-refractivity contribution in [3.63, 3.8) is 0 Å². The van der Waals surface area contributed by atoms with Gasteiger partial charge in [-0.3, -0.25) is 4.40 Å². The molecule has 0 amide bonds. The van der Waals surface area contributed by atoms with Crippen LogP contribution in [-0.2, 0) is 0 Å². The lowest BCUT2D eigenvalue weighted by molar-refractivity contribution is 0.396. The number of nitrogens with zero attached hydrogens (tertiary/aromatic N) is 2. The number of phenolic OH excluding ortho intramolecular Hbond substituents is 1. The van der Waals surface area contributed by atoms with Gasteiger partial charge in [-0.15, -0.1) is 0 Å². The summed E-state index contributed by atoms with van der Waals surface area (Å²) in [7, 11) is 0. The van der Waals surface area contributed by atoms with Crippen LogP contribution in [0.1, 0.15) is 5.56 Å². The SMILES string of the molecule is N#Cc1cc2cccc(Oc3ccc(F)cc3O)n2c1. The van der Waals surface area contributed by atoms with Crippen molar-refractivity contribution >= 4 is 5.52 Å². The molecule has 0 saturated heterocycles. The predicted octanol–water partition coefficient (Wildman–Crippen LogP) is 3.45. The van der Waals surface area contributed by atoms with Gasteiger partial charge in [-0.05, 0) is 30.3 Å². The quantitative estimate of drug-likeness (QED) is 0.774. The maximum Gasteiger partial charge on any atom is 0.204 e. The average Bonchev–Trinajstić information content (AvgIpc) is 2.86. The zero-order valence-electron chi connectivity index (χ0n) is 10.2. The van der Waals surface area contributed by atoms with Gasteiger partial charge in [0.2, 0.25) is 5.88 Å². The third-order valence-corrected chi connectivity index (χ3v) is 2.86. The molecule has 0 fully saturated rings. The molecule has 0 spiro atoms. The van der Waals surface area contributed by atoms with E-state index in [-0.39, 0.29) is 11.5 Å². The first kappa shape index (κ1) is 12.1. The number of phenols is 1. The molecule has 20 heavy (non-hydrogen) atoms. The van der Waals surface area contributed by atoms with Crippen LogP contribution in [0.5, 0.6) is 17.4 Å². The second-order valence-electron chi connectivity index (χ2n) is 4.21. The molecule has 2 aromatic heterocycles. The predicted molar refractivity (Wildman–Crippen MR) is 70.3 cm³/mol. The van der Waals surface area contributed by atoms with Crippen LogP contribution in [0.2, 0.25) is 0 Å². The lowest BCUT2D eigenvalue weighted by Crippen LogP contribution is -1.92. The molecule has 1 N–H and O–H groups in total. The third-order valence-electron chi connectivity index (χ3n) is 2.86. The molecule has 1 aromatic carbocycles. The van der Waals surface area contributed by atoms with Crippen molar-refractivity contribution in [3.05, 3.63) is 60.0 Å². The monoisotopic (exact) mass is 268 g/mol. The van der Waals surface area contributed by atoms with Crippen LogP contribution in [0.4, 0.5) is 4.39 Å². The van der Waals surface area contributed by atoms with Crippen molar-refractivity contribution in [3.8, 4) is 23.4 Å². The lowest BCUT2D eigenvalue weighted by atomic mass is 10.3. The van der Waals surface area contributed by atoms with E-state index in [0.29, 0.717) is 11.4 Å². The van der Waals surface area contributed by atoms with E-state index in [1.54, 1.807) is 28.8 Å². The Hall–Kier alpha value is -3.00. The molecule has 0 aliphatic carbocycles. The molecule has 5 heteroatoms. The second kappa shape index (κ2) is 4.59. The van der Waals surface area contributed by atoms with Crippen molar-refractivity contribution in [1.29, 1.82) is 5.26 Å². The number of hydrogen-bond donors (Lipinski definition) is 1. The van der Waals surface area contributed by atoms with E-state index in [1.807, 2.05) is 6.07 Å². The van der Waals surface area contributed by atoms with E-state index in [2.05, 4.69) is 6.07 Å². The van der Waals surface area contributed by atoms with Crippen molar-refractivity contribution < 1.29 is 14.2 Å². The number of ether oxygens (including phenoxy) is 1. The standard InChI is InChI=1S/C15H9FN2O2/c16-11-4-5-14(13(19)7-11)20-15-3-1-2-12-6-10(8-17)9-18(12)15/h1-7,9,19H. The Morgan fingerprint density at radius 3 is 2.80 bits per heavy atom. The first-order chi connectivity index (χ1) is 9.67. The molecule has 0 radical (unpaired) electrons. The van der Waals surface area contributed by atoms with Crippen LogP contribution in [0.15, 0.2) is 48.7 Å². The summed E-state index contributed by atoms with van der Waals surface area (Å²) in [5, 5.41) is 18.6. The van der Waals surface area contributed by atoms with E-state index in [4.69, 9.17) is 10.00 Å². The topological polar surface area (TPSA) is 57.7 Å². The summed E-state index contributed by atoms with van der Waals surface area (Å²) in [6.45, 7) is 0. The number of aromatic hydroxyl groups is 1. The van der Waals surface area contributed by atoms with E-state index >= 15 is 0 Å². The number of benzene rings is 1. The van der Waals surface area contributed by atoms with E-state index in [0.717, 1.165) is 11.6 Å². The Balaban J connectivity index is 2.06. The molecule has 0 atom stereocenters. The van der Waals surface area contributed by atoms with E-state index in [1.165, 1.54) is 12.1 Å². The summed E-state index contributed by atoms with van der Waals surface area (Å²) in [6.07, 6.45) is 1.63. The minimum Gasteiger partial charge on any atom is -0.504 e. The van der Waals surface area contributed by atoms with Crippen LogP contribution < -0.4 is 4.74 Å². The molecule has 0 unspecified atom stereocenters. The van der Waals surface area contributed by atoms with Gasteiger partial charge >= 0.3 is 0 Å². The van der Waals surface area contributed by atoms with Gasteiger partial charge in [-0.1, -0.05) is 6.07 Å². The molecule has 98 valence electrons. The minimum atomic E-state index is -0.541. The maximum absolute atomic E-state index is 12.9. The summed E-state index contributed by atoms with van der Waals surface area (Å²) in [6, 6.07) is 12.6. The number of nitriles is 1. The fourth-order valence-corrected chi connectivity index (χ4v) is 1.94. The van der Waals surface area contributed by atoms with E-state index < -0.39 is 5.82 Å². The number of aromatic nitrogens is 1. The molecule has 0 aliphatic rings. The number of fused-ring (bicyclic) bond motifs is 1. The molecule has 0 saturated carbocycles. The molecule has 3 aromatic rings. The molecule has 4 nitrogen and oxygen atoms in total. The van der Waals surface area contributed by atoms with Crippen LogP contribution in [-0.4, -0.2) is 9.51 Å². The molecule has 3 rings (SSSR count). The van der Waals surface area contributed by atoms with Gasteiger partial charge in [-0.2, -0.15) is 5.26 Å². The van der Waals surface area contributed by atoms with Crippen molar-refractivity contribution in [2.45, 2.75) is 0 Å². The highest BCUT2D eigenvalue weighted by Crippen LogP contribution is 2.31. The summed E-state index contributed by atoms with van der Waals surface area (Å²) in [5.74, 6) is -0.257. The molecular formula is C15H9FN2O2. The van der Waals surface area contributed by atoms with Gasteiger partial charge in [0.1, 0.15) is 11.9 Å². The number of rotatable bonds is 2. The highest BCUT2D eigenvalue weighted by Gasteiger charge is 2.09. The average molecular weight is 268 g/mol. The summed E-state index contributed by atoms with van der Waals surface area (Å²) < 4.78 is 20.2. The normalized spacial score (nSPS) is 10.4. The summed E-state index contributed by atoms with van der Waals surface area (Å²) >= 11 is 0. The van der Waals surface area contributed by atoms with Crippen LogP contribution in [0, 0.1) is 17.1 Å². The summed E-state index contributed by atoms with van der Waals surface area (Å²) in [5.41, 5.74) is 1.30. The zero-order chi connectivity index (χ0) is 14.1. The minimum absolute atomic E-state index is 0.145. The van der Waals surface area contributed by atoms with Crippen molar-refractivity contribution in [2.24, 2.45) is 0 Å². The van der Waals surface area contributed by atoms with Crippen molar-refractivity contribution in [1.82, 2.24) is 4.40 Å². The Labute approximate surface area is 113 Å². The largest absolute Gasteiger partial charge is 0.504 e. The van der Waals surface area contributed by atoms with Gasteiger partial charge < -0.3 is 9.84 Å². The Morgan fingerprint density at radius 2 is 2.05 bits per heavy atom. The first-order valence-corrected chi connectivity index (χ1v) is 5.85. The van der Waals surface area contributed by atoms with Crippen LogP contribution in [0.3, 0.4) is 0 Å². The van der Waals surface area contributed by atoms with Gasteiger partial charge in [0.05, 0.1) is 5.56 Å². The molecular weight excluding hydrogens is 259 g/mol. The van der Waals surface area contributed by atoms with Gasteiger partial charge in [0, 0.05) is 17.8 Å². The summed E-state index contributed by atoms with van der Waals surface area (Å²) in [4.78, 5) is 0. The first-order valence-electron chi connectivity index (χ1n) is 5.85. The van der Waals surface area contributed by atoms with Crippen LogP contribution in [0.25, 0.3) is 5.52 Å². The highest BCUT2D eigenvalue weighted by atomic mass is 19.1. The second-order valence-corrected chi connectivity index (χ2v) is 4.21. The van der Waals surface area contributed by atoms with E-state index in [9.17, 15) is 9.50 Å². The third kappa shape index (κ3) is 2.04. The smallest absolute Gasteiger partial charge is 0.204 e. The highest BCUT2D eigenvalue weighted by molar-refractivity contribution is 5.56. The molecule has 0 bridgehead atoms. The fraction of sp³-hybridized carbons (Fsp3) is 0. The number of pyridine rings is 1. The van der Waals surface area contributed by atoms with Gasteiger partial charge in [0.15, 0.2) is 11.5 Å². The Morgan fingerprint density at radius 1 is 1.20 bits per heavy atom. The number of halogens is 1. The van der Waals surface area contributed by atoms with Crippen LogP contribution >= 0.6 is 0 Å². The Bertz CT molecular complexity index is 833. The van der Waals surface area contributed by atoms with Gasteiger partial charge in [-0.25, -0.2) is 4.39 Å². The number of hydrogen-bond acceptors (Lipinski definition) is 3.